The number of thioether (sulfide) groups is 1. The molecule has 18 heavy (non-hydrogen) atoms. The van der Waals surface area contributed by atoms with Crippen molar-refractivity contribution in [1.82, 2.24) is 5.32 Å². The van der Waals surface area contributed by atoms with Gasteiger partial charge in [-0.3, -0.25) is 0 Å². The van der Waals surface area contributed by atoms with Crippen molar-refractivity contribution in [1.29, 1.82) is 0 Å². The molecule has 1 fully saturated rings. The third kappa shape index (κ3) is 3.60. The molecule has 0 spiro atoms. The first-order valence-electron chi connectivity index (χ1n) is 6.01. The van der Waals surface area contributed by atoms with E-state index in [9.17, 15) is 4.39 Å². The molecule has 1 aromatic rings. The zero-order valence-electron chi connectivity index (χ0n) is 10.3. The minimum Gasteiger partial charge on any atom is -0.375 e. The van der Waals surface area contributed by atoms with Crippen LogP contribution >= 0.6 is 23.4 Å². The summed E-state index contributed by atoms with van der Waals surface area (Å²) in [7, 11) is 1.89. The van der Waals surface area contributed by atoms with Gasteiger partial charge in [0.25, 0.3) is 0 Å². The Hall–Kier alpha value is -0.290. The molecule has 0 saturated carbocycles. The summed E-state index contributed by atoms with van der Waals surface area (Å²) in [4.78, 5) is 0. The fraction of sp³-hybridized carbons (Fsp3) is 0.538. The Morgan fingerprint density at radius 2 is 2.44 bits per heavy atom. The van der Waals surface area contributed by atoms with Crippen molar-refractivity contribution in [3.05, 3.63) is 34.6 Å². The summed E-state index contributed by atoms with van der Waals surface area (Å²) in [6.07, 6.45) is 0.758. The van der Waals surface area contributed by atoms with E-state index in [1.165, 1.54) is 6.07 Å². The average Bonchev–Trinajstić information content (AvgIpc) is 2.39. The molecule has 5 heteroatoms. The number of ether oxygens (including phenoxy) is 1. The standard InChI is InChI=1S/C13H17ClFNOS/c1-16-12(13-8-18-5-4-17-13)6-9-2-3-10(14)7-11(9)15/h2-3,7,12-13,16H,4-6,8H2,1H3. The summed E-state index contributed by atoms with van der Waals surface area (Å²) in [6.45, 7) is 0.774. The van der Waals surface area contributed by atoms with Crippen LogP contribution in [0.5, 0.6) is 0 Å². The van der Waals surface area contributed by atoms with Crippen molar-refractivity contribution in [3.63, 3.8) is 0 Å². The molecule has 100 valence electrons. The molecule has 1 saturated heterocycles. The van der Waals surface area contributed by atoms with E-state index in [1.807, 2.05) is 18.8 Å². The predicted octanol–water partition coefficient (Wildman–Crippen LogP) is 2.74. The molecule has 0 amide bonds. The van der Waals surface area contributed by atoms with Gasteiger partial charge in [-0.2, -0.15) is 11.8 Å². The Labute approximate surface area is 116 Å². The van der Waals surface area contributed by atoms with Crippen LogP contribution in [0.1, 0.15) is 5.56 Å². The van der Waals surface area contributed by atoms with Gasteiger partial charge in [0.15, 0.2) is 0 Å². The van der Waals surface area contributed by atoms with E-state index in [0.29, 0.717) is 17.0 Å². The van der Waals surface area contributed by atoms with E-state index in [-0.39, 0.29) is 18.0 Å². The van der Waals surface area contributed by atoms with Crippen molar-refractivity contribution < 1.29 is 9.13 Å². The minimum atomic E-state index is -0.244. The predicted molar refractivity (Wildman–Crippen MR) is 75.0 cm³/mol. The number of hydrogen-bond acceptors (Lipinski definition) is 3. The van der Waals surface area contributed by atoms with Crippen LogP contribution in [0.3, 0.4) is 0 Å². The zero-order valence-corrected chi connectivity index (χ0v) is 11.9. The highest BCUT2D eigenvalue weighted by molar-refractivity contribution is 7.99. The number of nitrogens with one attached hydrogen (secondary N) is 1. The SMILES string of the molecule is CNC(Cc1ccc(Cl)cc1F)C1CSCCO1. The largest absolute Gasteiger partial charge is 0.375 e. The molecular weight excluding hydrogens is 273 g/mol. The summed E-state index contributed by atoms with van der Waals surface area (Å²) >= 11 is 7.64. The Balaban J connectivity index is 2.04. The molecule has 0 radical (unpaired) electrons. The lowest BCUT2D eigenvalue weighted by Crippen LogP contribution is -2.44. The Morgan fingerprint density at radius 3 is 3.06 bits per heavy atom. The fourth-order valence-electron chi connectivity index (χ4n) is 2.08. The summed E-state index contributed by atoms with van der Waals surface area (Å²) in [5, 5.41) is 3.66. The maximum Gasteiger partial charge on any atom is 0.127 e. The lowest BCUT2D eigenvalue weighted by Gasteiger charge is -2.30. The second-order valence-electron chi connectivity index (χ2n) is 4.32. The molecule has 1 aromatic carbocycles. The normalized spacial score (nSPS) is 21.8. The number of likely N-dealkylation sites (N-methyl/N-ethyl adjacent to an activating group) is 1. The first-order chi connectivity index (χ1) is 8.70. The van der Waals surface area contributed by atoms with E-state index in [4.69, 9.17) is 16.3 Å². The fourth-order valence-corrected chi connectivity index (χ4v) is 3.18. The van der Waals surface area contributed by atoms with Gasteiger partial charge in [-0.05, 0) is 31.2 Å². The van der Waals surface area contributed by atoms with Crippen molar-refractivity contribution >= 4 is 23.4 Å². The van der Waals surface area contributed by atoms with Gasteiger partial charge < -0.3 is 10.1 Å². The van der Waals surface area contributed by atoms with Crippen molar-refractivity contribution in [2.75, 3.05) is 25.2 Å². The van der Waals surface area contributed by atoms with Crippen LogP contribution in [0.25, 0.3) is 0 Å². The van der Waals surface area contributed by atoms with Gasteiger partial charge in [0.2, 0.25) is 0 Å². The van der Waals surface area contributed by atoms with Gasteiger partial charge in [-0.15, -0.1) is 0 Å². The van der Waals surface area contributed by atoms with Crippen LogP contribution in [0, 0.1) is 5.82 Å². The molecule has 2 unspecified atom stereocenters. The quantitative estimate of drug-likeness (QED) is 0.921. The highest BCUT2D eigenvalue weighted by Gasteiger charge is 2.24. The average molecular weight is 290 g/mol. The second-order valence-corrected chi connectivity index (χ2v) is 5.91. The Morgan fingerprint density at radius 1 is 1.61 bits per heavy atom. The maximum atomic E-state index is 13.8. The van der Waals surface area contributed by atoms with Gasteiger partial charge in [0, 0.05) is 22.6 Å². The molecule has 2 atom stereocenters. The number of hydrogen-bond donors (Lipinski definition) is 1. The lowest BCUT2D eigenvalue weighted by atomic mass is 10.0. The molecule has 0 aromatic heterocycles. The third-order valence-electron chi connectivity index (χ3n) is 3.12. The van der Waals surface area contributed by atoms with Crippen molar-refractivity contribution in [2.45, 2.75) is 18.6 Å². The molecular formula is C13H17ClFNOS. The third-order valence-corrected chi connectivity index (χ3v) is 4.37. The molecule has 2 nitrogen and oxygen atoms in total. The highest BCUT2D eigenvalue weighted by Crippen LogP contribution is 2.20. The van der Waals surface area contributed by atoms with E-state index in [2.05, 4.69) is 5.32 Å². The second kappa shape index (κ2) is 6.75. The van der Waals surface area contributed by atoms with Crippen LogP contribution in [0.15, 0.2) is 18.2 Å². The van der Waals surface area contributed by atoms with Crippen LogP contribution in [0.4, 0.5) is 4.39 Å². The zero-order chi connectivity index (χ0) is 13.0. The van der Waals surface area contributed by atoms with E-state index < -0.39 is 0 Å². The maximum absolute atomic E-state index is 13.8. The first kappa shape index (κ1) is 14.1. The summed E-state index contributed by atoms with van der Waals surface area (Å²) in [6, 6.07) is 4.97. The van der Waals surface area contributed by atoms with Gasteiger partial charge >= 0.3 is 0 Å². The molecule has 0 aliphatic carbocycles. The molecule has 1 N–H and O–H groups in total. The lowest BCUT2D eigenvalue weighted by molar-refractivity contribution is 0.0490. The Kier molecular flexibility index (Phi) is 5.30. The van der Waals surface area contributed by atoms with Gasteiger partial charge in [0.1, 0.15) is 5.82 Å². The number of halogens is 2. The smallest absolute Gasteiger partial charge is 0.127 e. The first-order valence-corrected chi connectivity index (χ1v) is 7.54. The number of benzene rings is 1. The molecule has 1 aliphatic rings. The van der Waals surface area contributed by atoms with E-state index in [0.717, 1.165) is 18.1 Å². The Bertz CT molecular complexity index is 399. The van der Waals surface area contributed by atoms with E-state index in [1.54, 1.807) is 12.1 Å². The van der Waals surface area contributed by atoms with Crippen molar-refractivity contribution in [3.8, 4) is 0 Å². The van der Waals surface area contributed by atoms with Gasteiger partial charge in [0.05, 0.1) is 12.7 Å². The van der Waals surface area contributed by atoms with Crippen LogP contribution in [-0.4, -0.2) is 37.3 Å². The monoisotopic (exact) mass is 289 g/mol. The van der Waals surface area contributed by atoms with Gasteiger partial charge in [-0.1, -0.05) is 17.7 Å². The van der Waals surface area contributed by atoms with Crippen LogP contribution in [-0.2, 0) is 11.2 Å². The molecule has 1 aliphatic heterocycles. The van der Waals surface area contributed by atoms with Crippen LogP contribution < -0.4 is 5.32 Å². The van der Waals surface area contributed by atoms with E-state index >= 15 is 0 Å². The van der Waals surface area contributed by atoms with Crippen LogP contribution in [0.2, 0.25) is 5.02 Å². The molecule has 2 rings (SSSR count). The summed E-state index contributed by atoms with van der Waals surface area (Å²) < 4.78 is 19.5. The minimum absolute atomic E-state index is 0.133. The summed E-state index contributed by atoms with van der Waals surface area (Å²) in [5.41, 5.74) is 0.679. The molecule has 0 bridgehead atoms. The molecule has 1 heterocycles. The summed E-state index contributed by atoms with van der Waals surface area (Å²) in [5.74, 6) is 1.76. The van der Waals surface area contributed by atoms with Gasteiger partial charge in [-0.25, -0.2) is 4.39 Å². The topological polar surface area (TPSA) is 21.3 Å². The van der Waals surface area contributed by atoms with Crippen molar-refractivity contribution in [2.24, 2.45) is 0 Å². The highest BCUT2D eigenvalue weighted by atomic mass is 35.5. The number of rotatable bonds is 4.